The first-order chi connectivity index (χ1) is 13.2. The fraction of sp³-hybridized carbons (Fsp3) is 0.100. The molecule has 3 rings (SSSR count). The number of anilines is 2. The van der Waals surface area contributed by atoms with E-state index in [9.17, 15) is 9.59 Å². The predicted molar refractivity (Wildman–Crippen MR) is 101 cm³/mol. The Bertz CT molecular complexity index is 910. The number of pyridine rings is 2. The fourth-order valence-electron chi connectivity index (χ4n) is 2.33. The number of nitrogens with one attached hydrogen (secondary N) is 2. The van der Waals surface area contributed by atoms with E-state index in [1.54, 1.807) is 42.6 Å². The summed E-state index contributed by atoms with van der Waals surface area (Å²) in [6.45, 7) is 0.353. The second-order valence-corrected chi connectivity index (χ2v) is 5.63. The molecule has 0 bridgehead atoms. The lowest BCUT2D eigenvalue weighted by Crippen LogP contribution is -2.23. The van der Waals surface area contributed by atoms with Crippen molar-refractivity contribution in [1.29, 1.82) is 0 Å². The van der Waals surface area contributed by atoms with Crippen LogP contribution in [0.25, 0.3) is 0 Å². The summed E-state index contributed by atoms with van der Waals surface area (Å²) >= 11 is 0. The number of aromatic nitrogens is 2. The summed E-state index contributed by atoms with van der Waals surface area (Å²) in [5, 5.41) is 5.91. The number of carbonyl (C=O) groups is 2. The Morgan fingerprint density at radius 1 is 0.963 bits per heavy atom. The van der Waals surface area contributed by atoms with Gasteiger partial charge in [-0.25, -0.2) is 9.78 Å². The minimum Gasteiger partial charge on any atom is -0.465 e. The van der Waals surface area contributed by atoms with Crippen LogP contribution >= 0.6 is 0 Å². The van der Waals surface area contributed by atoms with Crippen molar-refractivity contribution in [3.05, 3.63) is 83.8 Å². The van der Waals surface area contributed by atoms with E-state index < -0.39 is 0 Å². The van der Waals surface area contributed by atoms with Crippen molar-refractivity contribution in [2.24, 2.45) is 0 Å². The van der Waals surface area contributed by atoms with Gasteiger partial charge in [0.25, 0.3) is 5.91 Å². The van der Waals surface area contributed by atoms with Gasteiger partial charge in [-0.2, -0.15) is 0 Å². The van der Waals surface area contributed by atoms with Gasteiger partial charge in [-0.1, -0.05) is 6.07 Å². The van der Waals surface area contributed by atoms with Crippen LogP contribution in [0.1, 0.15) is 26.4 Å². The molecule has 0 aliphatic rings. The molecule has 0 saturated heterocycles. The van der Waals surface area contributed by atoms with E-state index in [0.717, 1.165) is 11.4 Å². The zero-order valence-corrected chi connectivity index (χ0v) is 14.7. The van der Waals surface area contributed by atoms with Gasteiger partial charge in [-0.05, 0) is 48.5 Å². The highest BCUT2D eigenvalue weighted by atomic mass is 16.5. The fourth-order valence-corrected chi connectivity index (χ4v) is 2.33. The molecule has 2 heterocycles. The lowest BCUT2D eigenvalue weighted by Gasteiger charge is -2.08. The molecule has 0 fully saturated rings. The molecule has 0 unspecified atom stereocenters. The number of ether oxygens (including phenoxy) is 1. The number of nitrogens with zero attached hydrogens (tertiary/aromatic N) is 2. The molecule has 27 heavy (non-hydrogen) atoms. The smallest absolute Gasteiger partial charge is 0.337 e. The van der Waals surface area contributed by atoms with Crippen LogP contribution in [0.5, 0.6) is 0 Å². The number of hydrogen-bond acceptors (Lipinski definition) is 6. The molecule has 0 saturated carbocycles. The summed E-state index contributed by atoms with van der Waals surface area (Å²) in [6, 6.07) is 15.8. The summed E-state index contributed by atoms with van der Waals surface area (Å²) in [4.78, 5) is 32.0. The van der Waals surface area contributed by atoms with E-state index in [0.29, 0.717) is 23.5 Å². The Morgan fingerprint density at radius 2 is 1.74 bits per heavy atom. The van der Waals surface area contributed by atoms with Gasteiger partial charge in [0.15, 0.2) is 0 Å². The number of hydrogen-bond donors (Lipinski definition) is 2. The van der Waals surface area contributed by atoms with E-state index in [-0.39, 0.29) is 11.9 Å². The molecule has 7 nitrogen and oxygen atoms in total. The van der Waals surface area contributed by atoms with Crippen LogP contribution in [-0.2, 0) is 11.3 Å². The van der Waals surface area contributed by atoms with Crippen molar-refractivity contribution in [1.82, 2.24) is 15.3 Å². The van der Waals surface area contributed by atoms with Crippen molar-refractivity contribution in [3.63, 3.8) is 0 Å². The molecule has 7 heteroatoms. The molecule has 0 aliphatic heterocycles. The monoisotopic (exact) mass is 362 g/mol. The van der Waals surface area contributed by atoms with Crippen molar-refractivity contribution < 1.29 is 14.3 Å². The zero-order valence-electron chi connectivity index (χ0n) is 14.7. The third-order valence-corrected chi connectivity index (χ3v) is 3.76. The Hall–Kier alpha value is -3.74. The Kier molecular flexibility index (Phi) is 5.73. The third kappa shape index (κ3) is 4.88. The highest BCUT2D eigenvalue weighted by Gasteiger charge is 2.07. The van der Waals surface area contributed by atoms with Gasteiger partial charge in [-0.15, -0.1) is 0 Å². The van der Waals surface area contributed by atoms with Crippen molar-refractivity contribution in [2.75, 3.05) is 12.4 Å². The van der Waals surface area contributed by atoms with E-state index in [2.05, 4.69) is 25.3 Å². The van der Waals surface area contributed by atoms with Gasteiger partial charge in [0.05, 0.1) is 30.5 Å². The Labute approximate surface area is 156 Å². The number of rotatable bonds is 6. The Balaban J connectivity index is 1.58. The molecule has 0 radical (unpaired) electrons. The van der Waals surface area contributed by atoms with E-state index in [4.69, 9.17) is 0 Å². The van der Waals surface area contributed by atoms with E-state index in [1.807, 2.05) is 18.2 Å². The average Bonchev–Trinajstić information content (AvgIpc) is 2.73. The van der Waals surface area contributed by atoms with Crippen molar-refractivity contribution in [2.45, 2.75) is 6.54 Å². The van der Waals surface area contributed by atoms with Gasteiger partial charge >= 0.3 is 5.97 Å². The van der Waals surface area contributed by atoms with Crippen molar-refractivity contribution in [3.8, 4) is 0 Å². The summed E-state index contributed by atoms with van der Waals surface area (Å²) in [5.74, 6) is -0.0232. The van der Waals surface area contributed by atoms with Crippen LogP contribution in [0.4, 0.5) is 11.5 Å². The van der Waals surface area contributed by atoms with Gasteiger partial charge in [0.1, 0.15) is 5.82 Å². The quantitative estimate of drug-likeness (QED) is 0.655. The minimum atomic E-state index is -0.388. The molecular weight excluding hydrogens is 344 g/mol. The minimum absolute atomic E-state index is 0.220. The van der Waals surface area contributed by atoms with Crippen LogP contribution in [-0.4, -0.2) is 29.0 Å². The SMILES string of the molecule is COC(=O)c1ccc(Nc2ccc(C(=O)NCc3ccccn3)cn2)cc1. The summed E-state index contributed by atoms with van der Waals surface area (Å²) in [7, 11) is 1.34. The van der Waals surface area contributed by atoms with Crippen LogP contribution < -0.4 is 10.6 Å². The van der Waals surface area contributed by atoms with E-state index in [1.165, 1.54) is 13.3 Å². The molecule has 1 aromatic carbocycles. The van der Waals surface area contributed by atoms with Crippen LogP contribution in [0, 0.1) is 0 Å². The molecule has 2 N–H and O–H groups in total. The predicted octanol–water partition coefficient (Wildman–Crippen LogP) is 2.94. The van der Waals surface area contributed by atoms with Gasteiger partial charge in [-0.3, -0.25) is 9.78 Å². The molecule has 0 spiro atoms. The number of amides is 1. The van der Waals surface area contributed by atoms with Crippen molar-refractivity contribution >= 4 is 23.4 Å². The highest BCUT2D eigenvalue weighted by molar-refractivity contribution is 5.94. The lowest BCUT2D eigenvalue weighted by atomic mass is 10.2. The molecule has 3 aromatic rings. The third-order valence-electron chi connectivity index (χ3n) is 3.76. The maximum absolute atomic E-state index is 12.2. The van der Waals surface area contributed by atoms with Crippen LogP contribution in [0.3, 0.4) is 0 Å². The lowest BCUT2D eigenvalue weighted by molar-refractivity contribution is 0.0600. The standard InChI is InChI=1S/C20H18N4O3/c1-27-20(26)14-5-8-16(9-6-14)24-18-10-7-15(12-22-18)19(25)23-13-17-4-2-3-11-21-17/h2-12H,13H2,1H3,(H,22,24)(H,23,25). The number of methoxy groups -OCH3 is 1. The summed E-state index contributed by atoms with van der Waals surface area (Å²) < 4.78 is 4.66. The maximum Gasteiger partial charge on any atom is 0.337 e. The normalized spacial score (nSPS) is 10.1. The number of esters is 1. The number of carbonyl (C=O) groups excluding carboxylic acids is 2. The first kappa shape index (κ1) is 18.1. The molecular formula is C20H18N4O3. The topological polar surface area (TPSA) is 93.2 Å². The van der Waals surface area contributed by atoms with Crippen LogP contribution in [0.2, 0.25) is 0 Å². The summed E-state index contributed by atoms with van der Waals surface area (Å²) in [5.41, 5.74) is 2.48. The first-order valence-electron chi connectivity index (χ1n) is 8.25. The molecule has 136 valence electrons. The largest absolute Gasteiger partial charge is 0.465 e. The molecule has 0 aliphatic carbocycles. The van der Waals surface area contributed by atoms with Gasteiger partial charge in [0.2, 0.25) is 0 Å². The number of benzene rings is 1. The first-order valence-corrected chi connectivity index (χ1v) is 8.25. The Morgan fingerprint density at radius 3 is 2.37 bits per heavy atom. The zero-order chi connectivity index (χ0) is 19.1. The molecule has 1 amide bonds. The second kappa shape index (κ2) is 8.57. The van der Waals surface area contributed by atoms with Gasteiger partial charge < -0.3 is 15.4 Å². The van der Waals surface area contributed by atoms with Crippen LogP contribution in [0.15, 0.2) is 67.0 Å². The molecule has 2 aromatic heterocycles. The maximum atomic E-state index is 12.2. The average molecular weight is 362 g/mol. The molecule has 0 atom stereocenters. The van der Waals surface area contributed by atoms with E-state index >= 15 is 0 Å². The van der Waals surface area contributed by atoms with Gasteiger partial charge in [0, 0.05) is 18.1 Å². The second-order valence-electron chi connectivity index (χ2n) is 5.63. The highest BCUT2D eigenvalue weighted by Crippen LogP contribution is 2.16. The summed E-state index contributed by atoms with van der Waals surface area (Å²) in [6.07, 6.45) is 3.18.